The third-order valence-electron chi connectivity index (χ3n) is 3.94. The fourth-order valence-electron chi connectivity index (χ4n) is 2.57. The summed E-state index contributed by atoms with van der Waals surface area (Å²) >= 11 is 5.96. The van der Waals surface area contributed by atoms with E-state index in [0.29, 0.717) is 40.8 Å². The van der Waals surface area contributed by atoms with Crippen LogP contribution in [-0.2, 0) is 4.74 Å². The lowest BCUT2D eigenvalue weighted by atomic mass is 10.1. The van der Waals surface area contributed by atoms with Gasteiger partial charge in [-0.05, 0) is 36.4 Å². The second kappa shape index (κ2) is 8.73. The van der Waals surface area contributed by atoms with Gasteiger partial charge in [0.2, 0.25) is 0 Å². The summed E-state index contributed by atoms with van der Waals surface area (Å²) in [6.07, 6.45) is 0. The van der Waals surface area contributed by atoms with E-state index in [1.807, 2.05) is 0 Å². The van der Waals surface area contributed by atoms with E-state index in [4.69, 9.17) is 22.1 Å². The minimum absolute atomic E-state index is 0.207. The second-order valence-corrected chi connectivity index (χ2v) is 6.31. The van der Waals surface area contributed by atoms with Crippen molar-refractivity contribution in [1.82, 2.24) is 15.1 Å². The maximum absolute atomic E-state index is 13.3. The summed E-state index contributed by atoms with van der Waals surface area (Å²) < 4.78 is 19.6. The van der Waals surface area contributed by atoms with Crippen molar-refractivity contribution in [2.24, 2.45) is 0 Å². The molecule has 7 nitrogen and oxygen atoms in total. The Hall–Kier alpha value is -3.10. The lowest BCUT2D eigenvalue weighted by Crippen LogP contribution is -2.31. The van der Waals surface area contributed by atoms with E-state index in [9.17, 15) is 9.18 Å². The number of ether oxygens (including phenoxy) is 1. The van der Waals surface area contributed by atoms with E-state index in [-0.39, 0.29) is 11.6 Å². The summed E-state index contributed by atoms with van der Waals surface area (Å²) in [6, 6.07) is 12.2. The number of hydrogen-bond acceptors (Lipinski definition) is 4. The zero-order chi connectivity index (χ0) is 20.1. The normalized spacial score (nSPS) is 10.7. The zero-order valence-corrected chi connectivity index (χ0v) is 15.8. The SMILES string of the molecule is COCCNC(=O)Nc1c(-c2ccc(Cl)cc2)nn(-c2ccc(F)cc2)c1N. The van der Waals surface area contributed by atoms with Crippen molar-refractivity contribution in [3.05, 3.63) is 59.4 Å². The first kappa shape index (κ1) is 19.7. The highest BCUT2D eigenvalue weighted by Crippen LogP contribution is 2.34. The Kier molecular flexibility index (Phi) is 6.13. The Morgan fingerprint density at radius 3 is 2.54 bits per heavy atom. The third-order valence-corrected chi connectivity index (χ3v) is 4.19. The van der Waals surface area contributed by atoms with Gasteiger partial charge in [0.15, 0.2) is 5.82 Å². The van der Waals surface area contributed by atoms with Crippen LogP contribution in [0, 0.1) is 5.82 Å². The van der Waals surface area contributed by atoms with Crippen LogP contribution in [0.4, 0.5) is 20.7 Å². The number of carbonyl (C=O) groups is 1. The molecule has 3 aromatic rings. The van der Waals surface area contributed by atoms with Crippen molar-refractivity contribution in [3.63, 3.8) is 0 Å². The van der Waals surface area contributed by atoms with Crippen LogP contribution in [0.5, 0.6) is 0 Å². The molecule has 0 radical (unpaired) electrons. The van der Waals surface area contributed by atoms with E-state index in [0.717, 1.165) is 0 Å². The molecule has 4 N–H and O–H groups in total. The summed E-state index contributed by atoms with van der Waals surface area (Å²) in [7, 11) is 1.54. The number of urea groups is 1. The van der Waals surface area contributed by atoms with Crippen molar-refractivity contribution in [3.8, 4) is 16.9 Å². The van der Waals surface area contributed by atoms with E-state index in [1.165, 1.54) is 16.8 Å². The Morgan fingerprint density at radius 2 is 1.89 bits per heavy atom. The molecule has 146 valence electrons. The van der Waals surface area contributed by atoms with Gasteiger partial charge >= 0.3 is 6.03 Å². The van der Waals surface area contributed by atoms with Gasteiger partial charge < -0.3 is 21.1 Å². The number of anilines is 2. The molecule has 3 rings (SSSR count). The first-order valence-electron chi connectivity index (χ1n) is 8.43. The summed E-state index contributed by atoms with van der Waals surface area (Å²) in [5, 5.41) is 10.5. The van der Waals surface area contributed by atoms with Gasteiger partial charge in [0.25, 0.3) is 0 Å². The summed E-state index contributed by atoms with van der Waals surface area (Å²) in [5.41, 5.74) is 8.32. The fraction of sp³-hybridized carbons (Fsp3) is 0.158. The number of hydrogen-bond donors (Lipinski definition) is 3. The molecule has 28 heavy (non-hydrogen) atoms. The number of methoxy groups -OCH3 is 1. The quantitative estimate of drug-likeness (QED) is 0.547. The highest BCUT2D eigenvalue weighted by atomic mass is 35.5. The van der Waals surface area contributed by atoms with Crippen LogP contribution >= 0.6 is 11.6 Å². The molecule has 1 heterocycles. The lowest BCUT2D eigenvalue weighted by molar-refractivity contribution is 0.198. The van der Waals surface area contributed by atoms with Crippen molar-refractivity contribution < 1.29 is 13.9 Å². The van der Waals surface area contributed by atoms with Crippen LogP contribution in [0.25, 0.3) is 16.9 Å². The van der Waals surface area contributed by atoms with Gasteiger partial charge in [0.1, 0.15) is 17.2 Å². The average molecular weight is 404 g/mol. The predicted octanol–water partition coefficient (Wildman–Crippen LogP) is 3.68. The number of nitrogens with two attached hydrogens (primary N) is 1. The van der Waals surface area contributed by atoms with Crippen LogP contribution in [0.1, 0.15) is 0 Å². The van der Waals surface area contributed by atoms with E-state index < -0.39 is 6.03 Å². The molecule has 0 bridgehead atoms. The standard InChI is InChI=1S/C19H19ClFN5O2/c1-28-11-10-23-19(27)24-17-16(12-2-4-13(20)5-3-12)25-26(18(17)22)15-8-6-14(21)7-9-15/h2-9H,10-11,22H2,1H3,(H2,23,24,27). The highest BCUT2D eigenvalue weighted by molar-refractivity contribution is 6.30. The molecule has 0 saturated heterocycles. The van der Waals surface area contributed by atoms with Crippen LogP contribution < -0.4 is 16.4 Å². The minimum Gasteiger partial charge on any atom is -0.383 e. The average Bonchev–Trinajstić information content (AvgIpc) is 3.00. The fourth-order valence-corrected chi connectivity index (χ4v) is 2.69. The zero-order valence-electron chi connectivity index (χ0n) is 15.1. The Balaban J connectivity index is 2.00. The van der Waals surface area contributed by atoms with Gasteiger partial charge in [-0.2, -0.15) is 5.10 Å². The second-order valence-electron chi connectivity index (χ2n) is 5.88. The van der Waals surface area contributed by atoms with Gasteiger partial charge in [0.05, 0.1) is 12.3 Å². The third kappa shape index (κ3) is 4.41. The molecule has 2 amide bonds. The molecule has 0 unspecified atom stereocenters. The topological polar surface area (TPSA) is 94.2 Å². The van der Waals surface area contributed by atoms with Gasteiger partial charge in [-0.1, -0.05) is 23.7 Å². The molecule has 0 aliphatic carbocycles. The summed E-state index contributed by atoms with van der Waals surface area (Å²) in [6.45, 7) is 0.715. The number of aromatic nitrogens is 2. The van der Waals surface area contributed by atoms with E-state index in [1.54, 1.807) is 43.5 Å². The van der Waals surface area contributed by atoms with Crippen LogP contribution in [0.3, 0.4) is 0 Å². The lowest BCUT2D eigenvalue weighted by Gasteiger charge is -2.09. The number of nitrogens with zero attached hydrogens (tertiary/aromatic N) is 2. The number of carbonyl (C=O) groups excluding carboxylic acids is 1. The van der Waals surface area contributed by atoms with Crippen molar-refractivity contribution >= 4 is 29.1 Å². The molecular weight excluding hydrogens is 385 g/mol. The highest BCUT2D eigenvalue weighted by Gasteiger charge is 2.20. The monoisotopic (exact) mass is 403 g/mol. The van der Waals surface area contributed by atoms with Gasteiger partial charge in [-0.25, -0.2) is 13.9 Å². The molecule has 1 aromatic heterocycles. The molecule has 0 fully saturated rings. The van der Waals surface area contributed by atoms with Crippen molar-refractivity contribution in [2.75, 3.05) is 31.3 Å². The van der Waals surface area contributed by atoms with Crippen molar-refractivity contribution in [2.45, 2.75) is 0 Å². The Morgan fingerprint density at radius 1 is 1.21 bits per heavy atom. The van der Waals surface area contributed by atoms with Crippen molar-refractivity contribution in [1.29, 1.82) is 0 Å². The van der Waals surface area contributed by atoms with Gasteiger partial charge in [-0.15, -0.1) is 0 Å². The minimum atomic E-state index is -0.447. The number of nitrogen functional groups attached to an aromatic ring is 1. The number of nitrogens with one attached hydrogen (secondary N) is 2. The maximum atomic E-state index is 13.3. The molecule has 0 saturated carbocycles. The Labute approximate surface area is 166 Å². The molecular formula is C19H19ClFN5O2. The first-order chi connectivity index (χ1) is 13.5. The largest absolute Gasteiger partial charge is 0.383 e. The number of amides is 2. The van der Waals surface area contributed by atoms with E-state index >= 15 is 0 Å². The molecule has 2 aromatic carbocycles. The van der Waals surface area contributed by atoms with Crippen LogP contribution in [0.15, 0.2) is 48.5 Å². The molecule has 0 spiro atoms. The van der Waals surface area contributed by atoms with Gasteiger partial charge in [-0.3, -0.25) is 0 Å². The van der Waals surface area contributed by atoms with Crippen LogP contribution in [-0.4, -0.2) is 36.1 Å². The smallest absolute Gasteiger partial charge is 0.319 e. The molecule has 9 heteroatoms. The predicted molar refractivity (Wildman–Crippen MR) is 107 cm³/mol. The van der Waals surface area contributed by atoms with Crippen LogP contribution in [0.2, 0.25) is 5.02 Å². The van der Waals surface area contributed by atoms with Gasteiger partial charge in [0, 0.05) is 24.2 Å². The molecule has 0 aliphatic heterocycles. The first-order valence-corrected chi connectivity index (χ1v) is 8.81. The Bertz CT molecular complexity index is 958. The van der Waals surface area contributed by atoms with E-state index in [2.05, 4.69) is 15.7 Å². The number of halogens is 2. The molecule has 0 aliphatic rings. The summed E-state index contributed by atoms with van der Waals surface area (Å²) in [4.78, 5) is 12.2. The molecule has 0 atom stereocenters. The number of benzene rings is 2. The maximum Gasteiger partial charge on any atom is 0.319 e. The summed E-state index contributed by atoms with van der Waals surface area (Å²) in [5.74, 6) is -0.165. The number of rotatable bonds is 6.